The number of anilines is 1. The molecular weight excluding hydrogens is 286 g/mol. The van der Waals surface area contributed by atoms with E-state index in [9.17, 15) is 4.79 Å². The molecule has 1 aliphatic heterocycles. The van der Waals surface area contributed by atoms with Crippen LogP contribution in [0.15, 0.2) is 48.7 Å². The summed E-state index contributed by atoms with van der Waals surface area (Å²) in [5, 5.41) is 0. The van der Waals surface area contributed by atoms with Crippen molar-refractivity contribution in [2.45, 2.75) is 19.8 Å². The van der Waals surface area contributed by atoms with E-state index in [-0.39, 0.29) is 5.91 Å². The van der Waals surface area contributed by atoms with Gasteiger partial charge in [-0.05, 0) is 35.7 Å². The number of carbonyl (C=O) groups is 1. The lowest BCUT2D eigenvalue weighted by molar-refractivity contribution is 0.0746. The first kappa shape index (κ1) is 15.5. The standard InChI is InChI=1S/C19H23N3O/c1-15(2)16-6-8-17(9-7-16)19(23)22-13-11-21(12-14-22)18-5-3-4-10-20-18/h3-10,15H,11-14H2,1-2H3. The molecule has 0 saturated carbocycles. The average molecular weight is 309 g/mol. The highest BCUT2D eigenvalue weighted by molar-refractivity contribution is 5.94. The molecular formula is C19H23N3O. The van der Waals surface area contributed by atoms with E-state index in [2.05, 4.69) is 35.9 Å². The maximum atomic E-state index is 12.6. The van der Waals surface area contributed by atoms with Crippen LogP contribution >= 0.6 is 0 Å². The van der Waals surface area contributed by atoms with Gasteiger partial charge in [-0.15, -0.1) is 0 Å². The zero-order valence-corrected chi connectivity index (χ0v) is 13.8. The van der Waals surface area contributed by atoms with E-state index in [0.29, 0.717) is 5.92 Å². The van der Waals surface area contributed by atoms with Crippen molar-refractivity contribution in [1.29, 1.82) is 0 Å². The molecule has 0 unspecified atom stereocenters. The highest BCUT2D eigenvalue weighted by atomic mass is 16.2. The number of piperazine rings is 1. The van der Waals surface area contributed by atoms with Crippen LogP contribution in [-0.4, -0.2) is 42.0 Å². The molecule has 1 aromatic heterocycles. The number of carbonyl (C=O) groups excluding carboxylic acids is 1. The Bertz CT molecular complexity index is 644. The first-order chi connectivity index (χ1) is 11.1. The summed E-state index contributed by atoms with van der Waals surface area (Å²) in [5.41, 5.74) is 2.04. The lowest BCUT2D eigenvalue weighted by Gasteiger charge is -2.35. The summed E-state index contributed by atoms with van der Waals surface area (Å²) >= 11 is 0. The molecule has 4 nitrogen and oxygen atoms in total. The van der Waals surface area contributed by atoms with Crippen molar-refractivity contribution in [3.05, 3.63) is 59.8 Å². The number of amides is 1. The SMILES string of the molecule is CC(C)c1ccc(C(=O)N2CCN(c3ccccn3)CC2)cc1. The third-order valence-electron chi connectivity index (χ3n) is 4.36. The number of hydrogen-bond acceptors (Lipinski definition) is 3. The molecule has 23 heavy (non-hydrogen) atoms. The first-order valence-corrected chi connectivity index (χ1v) is 8.20. The van der Waals surface area contributed by atoms with Crippen LogP contribution in [0.4, 0.5) is 5.82 Å². The fraction of sp³-hybridized carbons (Fsp3) is 0.368. The quantitative estimate of drug-likeness (QED) is 0.874. The molecule has 1 aromatic carbocycles. The lowest BCUT2D eigenvalue weighted by atomic mass is 10.0. The van der Waals surface area contributed by atoms with Crippen molar-refractivity contribution >= 4 is 11.7 Å². The smallest absolute Gasteiger partial charge is 0.253 e. The molecule has 0 radical (unpaired) electrons. The molecule has 2 heterocycles. The van der Waals surface area contributed by atoms with E-state index >= 15 is 0 Å². The number of nitrogens with zero attached hydrogens (tertiary/aromatic N) is 3. The zero-order valence-electron chi connectivity index (χ0n) is 13.8. The predicted molar refractivity (Wildman–Crippen MR) is 92.9 cm³/mol. The molecule has 1 saturated heterocycles. The van der Waals surface area contributed by atoms with Gasteiger partial charge in [0.1, 0.15) is 5.82 Å². The Labute approximate surface area is 137 Å². The van der Waals surface area contributed by atoms with Gasteiger partial charge in [0.15, 0.2) is 0 Å². The van der Waals surface area contributed by atoms with E-state index in [1.807, 2.05) is 41.4 Å². The van der Waals surface area contributed by atoms with Crippen LogP contribution in [0.2, 0.25) is 0 Å². The Hall–Kier alpha value is -2.36. The Morgan fingerprint density at radius 1 is 1.00 bits per heavy atom. The summed E-state index contributed by atoms with van der Waals surface area (Å²) in [7, 11) is 0. The summed E-state index contributed by atoms with van der Waals surface area (Å²) in [6.07, 6.45) is 1.81. The number of rotatable bonds is 3. The van der Waals surface area contributed by atoms with Crippen molar-refractivity contribution in [3.63, 3.8) is 0 Å². The normalized spacial score (nSPS) is 15.1. The van der Waals surface area contributed by atoms with Crippen LogP contribution < -0.4 is 4.90 Å². The van der Waals surface area contributed by atoms with Crippen molar-refractivity contribution in [2.75, 3.05) is 31.1 Å². The van der Waals surface area contributed by atoms with E-state index in [0.717, 1.165) is 37.6 Å². The van der Waals surface area contributed by atoms with Crippen LogP contribution in [0.25, 0.3) is 0 Å². The summed E-state index contributed by atoms with van der Waals surface area (Å²) in [4.78, 5) is 21.2. The third kappa shape index (κ3) is 3.52. The molecule has 4 heteroatoms. The Balaban J connectivity index is 1.62. The van der Waals surface area contributed by atoms with Gasteiger partial charge in [-0.3, -0.25) is 4.79 Å². The number of hydrogen-bond donors (Lipinski definition) is 0. The number of pyridine rings is 1. The predicted octanol–water partition coefficient (Wildman–Crippen LogP) is 3.17. The number of benzene rings is 1. The fourth-order valence-electron chi connectivity index (χ4n) is 2.87. The third-order valence-corrected chi connectivity index (χ3v) is 4.36. The van der Waals surface area contributed by atoms with E-state index in [1.54, 1.807) is 0 Å². The van der Waals surface area contributed by atoms with E-state index in [4.69, 9.17) is 0 Å². The first-order valence-electron chi connectivity index (χ1n) is 8.20. The molecule has 0 atom stereocenters. The lowest BCUT2D eigenvalue weighted by Crippen LogP contribution is -2.49. The molecule has 0 spiro atoms. The summed E-state index contributed by atoms with van der Waals surface area (Å²) < 4.78 is 0. The van der Waals surface area contributed by atoms with Gasteiger partial charge in [0.25, 0.3) is 5.91 Å². The van der Waals surface area contributed by atoms with Gasteiger partial charge in [0.05, 0.1) is 0 Å². The monoisotopic (exact) mass is 309 g/mol. The zero-order chi connectivity index (χ0) is 16.2. The van der Waals surface area contributed by atoms with E-state index in [1.165, 1.54) is 5.56 Å². The molecule has 0 N–H and O–H groups in total. The van der Waals surface area contributed by atoms with Crippen LogP contribution in [0.3, 0.4) is 0 Å². The van der Waals surface area contributed by atoms with Gasteiger partial charge in [0, 0.05) is 37.9 Å². The van der Waals surface area contributed by atoms with Crippen molar-refractivity contribution in [1.82, 2.24) is 9.88 Å². The van der Waals surface area contributed by atoms with Gasteiger partial charge in [-0.25, -0.2) is 4.98 Å². The van der Waals surface area contributed by atoms with Crippen molar-refractivity contribution in [3.8, 4) is 0 Å². The minimum atomic E-state index is 0.126. The largest absolute Gasteiger partial charge is 0.353 e. The summed E-state index contributed by atoms with van der Waals surface area (Å²) in [5.74, 6) is 1.60. The molecule has 1 fully saturated rings. The summed E-state index contributed by atoms with van der Waals surface area (Å²) in [6, 6.07) is 13.9. The van der Waals surface area contributed by atoms with Gasteiger partial charge in [0.2, 0.25) is 0 Å². The van der Waals surface area contributed by atoms with Crippen LogP contribution in [-0.2, 0) is 0 Å². The van der Waals surface area contributed by atoms with E-state index < -0.39 is 0 Å². The molecule has 3 rings (SSSR count). The highest BCUT2D eigenvalue weighted by Gasteiger charge is 2.22. The summed E-state index contributed by atoms with van der Waals surface area (Å²) in [6.45, 7) is 7.45. The Kier molecular flexibility index (Phi) is 4.60. The molecule has 120 valence electrons. The fourth-order valence-corrected chi connectivity index (χ4v) is 2.87. The Morgan fingerprint density at radius 2 is 1.70 bits per heavy atom. The maximum absolute atomic E-state index is 12.6. The van der Waals surface area contributed by atoms with Crippen LogP contribution in [0.5, 0.6) is 0 Å². The van der Waals surface area contributed by atoms with Gasteiger partial charge >= 0.3 is 0 Å². The number of aromatic nitrogens is 1. The topological polar surface area (TPSA) is 36.4 Å². The van der Waals surface area contributed by atoms with Gasteiger partial charge in [-0.1, -0.05) is 32.0 Å². The highest BCUT2D eigenvalue weighted by Crippen LogP contribution is 2.17. The minimum absolute atomic E-state index is 0.126. The van der Waals surface area contributed by atoms with Crippen molar-refractivity contribution < 1.29 is 4.79 Å². The second-order valence-corrected chi connectivity index (χ2v) is 6.24. The van der Waals surface area contributed by atoms with Gasteiger partial charge < -0.3 is 9.80 Å². The molecule has 2 aromatic rings. The van der Waals surface area contributed by atoms with Crippen LogP contribution in [0.1, 0.15) is 35.7 Å². The second-order valence-electron chi connectivity index (χ2n) is 6.24. The molecule has 1 amide bonds. The average Bonchev–Trinajstić information content (AvgIpc) is 2.62. The van der Waals surface area contributed by atoms with Crippen LogP contribution in [0, 0.1) is 0 Å². The maximum Gasteiger partial charge on any atom is 0.253 e. The van der Waals surface area contributed by atoms with Gasteiger partial charge in [-0.2, -0.15) is 0 Å². The second kappa shape index (κ2) is 6.82. The van der Waals surface area contributed by atoms with Crippen molar-refractivity contribution in [2.24, 2.45) is 0 Å². The molecule has 0 aliphatic carbocycles. The molecule has 1 aliphatic rings. The molecule has 0 bridgehead atoms. The Morgan fingerprint density at radius 3 is 2.26 bits per heavy atom. The minimum Gasteiger partial charge on any atom is -0.353 e.